The van der Waals surface area contributed by atoms with Gasteiger partial charge in [-0.3, -0.25) is 9.59 Å². The molecule has 0 bridgehead atoms. The molecule has 2 amide bonds. The average molecular weight is 440 g/mol. The van der Waals surface area contributed by atoms with Gasteiger partial charge in [0.15, 0.2) is 6.10 Å². The zero-order valence-electron chi connectivity index (χ0n) is 18.6. The van der Waals surface area contributed by atoms with E-state index in [1.807, 2.05) is 12.1 Å². The van der Waals surface area contributed by atoms with E-state index in [0.717, 1.165) is 16.9 Å². The van der Waals surface area contributed by atoms with E-state index < -0.39 is 29.9 Å². The van der Waals surface area contributed by atoms with E-state index in [1.54, 1.807) is 56.7 Å². The molecule has 2 aromatic carbocycles. The van der Waals surface area contributed by atoms with Gasteiger partial charge in [0.25, 0.3) is 5.91 Å². The van der Waals surface area contributed by atoms with Crippen molar-refractivity contribution in [2.45, 2.75) is 32.5 Å². The van der Waals surface area contributed by atoms with Gasteiger partial charge in [-0.25, -0.2) is 4.79 Å². The fraction of sp³-hybridized carbons (Fsp3) is 0.292. The number of benzene rings is 2. The molecule has 0 aromatic heterocycles. The molecule has 0 aliphatic carbocycles. The number of carbonyl (C=O) groups is 3. The summed E-state index contributed by atoms with van der Waals surface area (Å²) in [5.74, 6) is -0.167. The van der Waals surface area contributed by atoms with Gasteiger partial charge in [-0.05, 0) is 55.3 Å². The highest BCUT2D eigenvalue weighted by Crippen LogP contribution is 2.12. The van der Waals surface area contributed by atoms with Gasteiger partial charge in [0.05, 0.1) is 14.2 Å². The molecule has 1 unspecified atom stereocenters. The van der Waals surface area contributed by atoms with Gasteiger partial charge in [-0.1, -0.05) is 24.3 Å². The molecule has 2 aromatic rings. The molecule has 0 aliphatic rings. The summed E-state index contributed by atoms with van der Waals surface area (Å²) in [7, 11) is 3.15. The maximum Gasteiger partial charge on any atom is 0.329 e. The molecule has 2 atom stereocenters. The Morgan fingerprint density at radius 1 is 0.906 bits per heavy atom. The van der Waals surface area contributed by atoms with Gasteiger partial charge in [-0.15, -0.1) is 0 Å². The molecular formula is C24H28N2O6. The maximum atomic E-state index is 12.2. The van der Waals surface area contributed by atoms with Gasteiger partial charge in [-0.2, -0.15) is 0 Å². The average Bonchev–Trinajstić information content (AvgIpc) is 2.81. The summed E-state index contributed by atoms with van der Waals surface area (Å²) in [5.41, 5.74) is 1.68. The first-order valence-corrected chi connectivity index (χ1v) is 10.1. The molecule has 8 nitrogen and oxygen atoms in total. The van der Waals surface area contributed by atoms with Crippen molar-refractivity contribution in [2.24, 2.45) is 0 Å². The maximum absolute atomic E-state index is 12.2. The SMILES string of the molecule is COc1ccc(/C=C/C(=O)N[C@@H](C)C(=O)OC(C)C(=O)NCc2ccc(OC)cc2)cc1. The number of esters is 1. The zero-order valence-corrected chi connectivity index (χ0v) is 18.6. The Morgan fingerprint density at radius 3 is 2.03 bits per heavy atom. The molecule has 0 spiro atoms. The van der Waals surface area contributed by atoms with Crippen molar-refractivity contribution >= 4 is 23.9 Å². The Hall–Kier alpha value is -3.81. The normalized spacial score (nSPS) is 12.5. The second-order valence-electron chi connectivity index (χ2n) is 6.98. The Labute approximate surface area is 187 Å². The van der Waals surface area contributed by atoms with Crippen molar-refractivity contribution in [3.63, 3.8) is 0 Å². The number of methoxy groups -OCH3 is 2. The lowest BCUT2D eigenvalue weighted by Gasteiger charge is -2.17. The van der Waals surface area contributed by atoms with Crippen molar-refractivity contribution in [3.8, 4) is 11.5 Å². The van der Waals surface area contributed by atoms with Crippen LogP contribution < -0.4 is 20.1 Å². The number of carbonyl (C=O) groups excluding carboxylic acids is 3. The van der Waals surface area contributed by atoms with Gasteiger partial charge >= 0.3 is 5.97 Å². The first-order valence-electron chi connectivity index (χ1n) is 10.1. The molecule has 2 rings (SSSR count). The van der Waals surface area contributed by atoms with E-state index in [-0.39, 0.29) is 6.54 Å². The number of nitrogens with one attached hydrogen (secondary N) is 2. The van der Waals surface area contributed by atoms with Crippen molar-refractivity contribution in [3.05, 3.63) is 65.7 Å². The summed E-state index contributed by atoms with van der Waals surface area (Å²) in [6.45, 7) is 3.25. The predicted octanol–water partition coefficient (Wildman–Crippen LogP) is 2.47. The Balaban J connectivity index is 1.77. The highest BCUT2D eigenvalue weighted by molar-refractivity contribution is 5.95. The van der Waals surface area contributed by atoms with Crippen molar-refractivity contribution < 1.29 is 28.6 Å². The highest BCUT2D eigenvalue weighted by atomic mass is 16.5. The largest absolute Gasteiger partial charge is 0.497 e. The zero-order chi connectivity index (χ0) is 23.5. The van der Waals surface area contributed by atoms with Crippen LogP contribution in [0.4, 0.5) is 0 Å². The van der Waals surface area contributed by atoms with Crippen LogP contribution in [-0.4, -0.2) is 44.1 Å². The molecule has 0 fully saturated rings. The minimum atomic E-state index is -1.00. The lowest BCUT2D eigenvalue weighted by Crippen LogP contribution is -2.43. The van der Waals surface area contributed by atoms with Gasteiger partial charge in [0.1, 0.15) is 17.5 Å². The molecule has 170 valence electrons. The molecule has 2 N–H and O–H groups in total. The number of ether oxygens (including phenoxy) is 3. The van der Waals surface area contributed by atoms with Crippen LogP contribution in [-0.2, 0) is 25.7 Å². The van der Waals surface area contributed by atoms with E-state index in [9.17, 15) is 14.4 Å². The number of hydrogen-bond acceptors (Lipinski definition) is 6. The molecular weight excluding hydrogens is 412 g/mol. The first kappa shape index (κ1) is 24.5. The minimum Gasteiger partial charge on any atom is -0.497 e. The number of hydrogen-bond donors (Lipinski definition) is 2. The van der Waals surface area contributed by atoms with E-state index in [0.29, 0.717) is 5.75 Å². The summed E-state index contributed by atoms with van der Waals surface area (Å²) >= 11 is 0. The lowest BCUT2D eigenvalue weighted by atomic mass is 10.2. The van der Waals surface area contributed by atoms with Crippen LogP contribution >= 0.6 is 0 Å². The first-order chi connectivity index (χ1) is 15.3. The fourth-order valence-corrected chi connectivity index (χ4v) is 2.61. The van der Waals surface area contributed by atoms with Gasteiger partial charge < -0.3 is 24.8 Å². The summed E-state index contributed by atoms with van der Waals surface area (Å²) in [6, 6.07) is 13.5. The second-order valence-corrected chi connectivity index (χ2v) is 6.98. The Bertz CT molecular complexity index is 938. The van der Waals surface area contributed by atoms with E-state index >= 15 is 0 Å². The molecule has 0 heterocycles. The van der Waals surface area contributed by atoms with E-state index in [4.69, 9.17) is 14.2 Å². The van der Waals surface area contributed by atoms with Crippen LogP contribution in [0.2, 0.25) is 0 Å². The summed E-state index contributed by atoms with van der Waals surface area (Å²) in [6.07, 6.45) is 1.92. The number of amides is 2. The number of rotatable bonds is 10. The quantitative estimate of drug-likeness (QED) is 0.435. The second kappa shape index (κ2) is 12.1. The monoisotopic (exact) mass is 440 g/mol. The van der Waals surface area contributed by atoms with Crippen LogP contribution in [0.3, 0.4) is 0 Å². The smallest absolute Gasteiger partial charge is 0.329 e. The standard InChI is InChI=1S/C24H28N2O6/c1-16(26-22(27)14-9-18-5-10-20(30-3)11-6-18)24(29)32-17(2)23(28)25-15-19-7-12-21(31-4)13-8-19/h5-14,16-17H,15H2,1-4H3,(H,25,28)(H,26,27)/b14-9+/t16-,17?/m0/s1. The lowest BCUT2D eigenvalue weighted by molar-refractivity contribution is -0.157. The van der Waals surface area contributed by atoms with E-state index in [1.165, 1.54) is 19.9 Å². The summed E-state index contributed by atoms with van der Waals surface area (Å²) in [5, 5.41) is 5.22. The van der Waals surface area contributed by atoms with Gasteiger partial charge in [0, 0.05) is 12.6 Å². The third-order valence-electron chi connectivity index (χ3n) is 4.54. The molecule has 32 heavy (non-hydrogen) atoms. The van der Waals surface area contributed by atoms with Crippen LogP contribution in [0.15, 0.2) is 54.6 Å². The van der Waals surface area contributed by atoms with Crippen LogP contribution in [0.5, 0.6) is 11.5 Å². The fourth-order valence-electron chi connectivity index (χ4n) is 2.61. The van der Waals surface area contributed by atoms with Crippen molar-refractivity contribution in [1.82, 2.24) is 10.6 Å². The third-order valence-corrected chi connectivity index (χ3v) is 4.54. The molecule has 8 heteroatoms. The third kappa shape index (κ3) is 7.79. The molecule has 0 saturated heterocycles. The van der Waals surface area contributed by atoms with E-state index in [2.05, 4.69) is 10.6 Å². The van der Waals surface area contributed by atoms with Crippen molar-refractivity contribution in [1.29, 1.82) is 0 Å². The van der Waals surface area contributed by atoms with Crippen LogP contribution in [0.1, 0.15) is 25.0 Å². The highest BCUT2D eigenvalue weighted by Gasteiger charge is 2.22. The summed E-state index contributed by atoms with van der Waals surface area (Å²) < 4.78 is 15.3. The Morgan fingerprint density at radius 2 is 1.47 bits per heavy atom. The Kier molecular flexibility index (Phi) is 9.28. The van der Waals surface area contributed by atoms with Crippen LogP contribution in [0.25, 0.3) is 6.08 Å². The predicted molar refractivity (Wildman–Crippen MR) is 120 cm³/mol. The minimum absolute atomic E-state index is 0.285. The topological polar surface area (TPSA) is 103 Å². The van der Waals surface area contributed by atoms with Gasteiger partial charge in [0.2, 0.25) is 5.91 Å². The molecule has 0 radical (unpaired) electrons. The molecule has 0 saturated carbocycles. The van der Waals surface area contributed by atoms with Crippen molar-refractivity contribution in [2.75, 3.05) is 14.2 Å². The summed E-state index contributed by atoms with van der Waals surface area (Å²) in [4.78, 5) is 36.5. The van der Waals surface area contributed by atoms with Crippen LogP contribution in [0, 0.1) is 0 Å². The molecule has 0 aliphatic heterocycles.